The van der Waals surface area contributed by atoms with Gasteiger partial charge in [0.05, 0.1) is 12.1 Å². The molecule has 1 aliphatic heterocycles. The smallest absolute Gasteiger partial charge is 0.290 e. The average molecular weight is 301 g/mol. The van der Waals surface area contributed by atoms with Crippen molar-refractivity contribution in [3.63, 3.8) is 0 Å². The molecule has 2 heterocycles. The molecule has 2 N–H and O–H groups in total. The number of rotatable bonds is 4. The molecular weight excluding hydrogens is 282 g/mol. The van der Waals surface area contributed by atoms with Crippen LogP contribution in [0.25, 0.3) is 11.3 Å². The summed E-state index contributed by atoms with van der Waals surface area (Å²) < 4.78 is 10.5. The predicted octanol–water partition coefficient (Wildman–Crippen LogP) is 1.37. The second-order valence-corrected chi connectivity index (χ2v) is 5.45. The molecule has 116 valence electrons. The van der Waals surface area contributed by atoms with Gasteiger partial charge in [-0.25, -0.2) is 0 Å². The quantitative estimate of drug-likeness (QED) is 0.892. The number of ether oxygens (including phenoxy) is 1. The van der Waals surface area contributed by atoms with E-state index in [1.165, 1.54) is 5.56 Å². The normalized spacial score (nSPS) is 21.0. The Morgan fingerprint density at radius 3 is 2.86 bits per heavy atom. The molecule has 1 aromatic carbocycles. The number of aromatic nitrogens is 1. The fourth-order valence-electron chi connectivity index (χ4n) is 2.53. The van der Waals surface area contributed by atoms with Crippen molar-refractivity contribution >= 4 is 5.91 Å². The molecule has 6 heteroatoms. The van der Waals surface area contributed by atoms with Crippen LogP contribution in [0.4, 0.5) is 0 Å². The first-order chi connectivity index (χ1) is 10.7. The Morgan fingerprint density at radius 1 is 1.36 bits per heavy atom. The van der Waals surface area contributed by atoms with Crippen LogP contribution in [-0.2, 0) is 4.74 Å². The number of methoxy groups -OCH3 is 1. The molecule has 1 saturated heterocycles. The zero-order valence-electron chi connectivity index (χ0n) is 12.6. The van der Waals surface area contributed by atoms with Crippen LogP contribution in [0.5, 0.6) is 0 Å². The van der Waals surface area contributed by atoms with Gasteiger partial charge in [0.2, 0.25) is 5.76 Å². The number of carbonyl (C=O) groups is 1. The number of nitrogens with one attached hydrogen (secondary N) is 2. The Balaban J connectivity index is 1.70. The molecule has 2 unspecified atom stereocenters. The maximum atomic E-state index is 12.2. The lowest BCUT2D eigenvalue weighted by molar-refractivity contribution is 0.0754. The van der Waals surface area contributed by atoms with E-state index in [-0.39, 0.29) is 23.8 Å². The SMILES string of the molecule is COC1CNCC1NC(=O)c1cc(-c2ccc(C)cc2)no1. The van der Waals surface area contributed by atoms with Gasteiger partial charge in [-0.2, -0.15) is 0 Å². The third kappa shape index (κ3) is 3.03. The van der Waals surface area contributed by atoms with E-state index in [0.717, 1.165) is 12.1 Å². The lowest BCUT2D eigenvalue weighted by Crippen LogP contribution is -2.43. The summed E-state index contributed by atoms with van der Waals surface area (Å²) >= 11 is 0. The largest absolute Gasteiger partial charge is 0.378 e. The molecule has 0 spiro atoms. The number of carbonyl (C=O) groups excluding carboxylic acids is 1. The van der Waals surface area contributed by atoms with Gasteiger partial charge in [0, 0.05) is 31.8 Å². The van der Waals surface area contributed by atoms with Crippen molar-refractivity contribution in [3.8, 4) is 11.3 Å². The lowest BCUT2D eigenvalue weighted by Gasteiger charge is -2.17. The number of nitrogens with zero attached hydrogens (tertiary/aromatic N) is 1. The monoisotopic (exact) mass is 301 g/mol. The third-order valence-corrected chi connectivity index (χ3v) is 3.86. The van der Waals surface area contributed by atoms with E-state index < -0.39 is 0 Å². The Morgan fingerprint density at radius 2 is 2.14 bits per heavy atom. The molecule has 1 aromatic heterocycles. The summed E-state index contributed by atoms with van der Waals surface area (Å²) in [5.74, 6) is -0.0704. The minimum absolute atomic E-state index is 0.0246. The number of hydrogen-bond donors (Lipinski definition) is 2. The van der Waals surface area contributed by atoms with E-state index in [1.54, 1.807) is 13.2 Å². The minimum atomic E-state index is -0.276. The first-order valence-corrected chi connectivity index (χ1v) is 7.25. The summed E-state index contributed by atoms with van der Waals surface area (Å²) in [5, 5.41) is 10.1. The van der Waals surface area contributed by atoms with Crippen LogP contribution >= 0.6 is 0 Å². The van der Waals surface area contributed by atoms with E-state index in [9.17, 15) is 4.79 Å². The summed E-state index contributed by atoms with van der Waals surface area (Å²) in [6.07, 6.45) is -0.0246. The maximum Gasteiger partial charge on any atom is 0.290 e. The number of hydrogen-bond acceptors (Lipinski definition) is 5. The lowest BCUT2D eigenvalue weighted by atomic mass is 10.1. The molecule has 6 nitrogen and oxygen atoms in total. The summed E-state index contributed by atoms with van der Waals surface area (Å²) in [6.45, 7) is 3.43. The standard InChI is InChI=1S/C16H19N3O3/c1-10-3-5-11(6-4-10)12-7-14(22-19-12)16(20)18-13-8-17-9-15(13)21-2/h3-7,13,15,17H,8-9H2,1-2H3,(H,18,20). The van der Waals surface area contributed by atoms with Gasteiger partial charge in [-0.05, 0) is 6.92 Å². The van der Waals surface area contributed by atoms with Gasteiger partial charge < -0.3 is 19.9 Å². The van der Waals surface area contributed by atoms with Crippen LogP contribution in [0.3, 0.4) is 0 Å². The Bertz CT molecular complexity index is 651. The highest BCUT2D eigenvalue weighted by Gasteiger charge is 2.29. The van der Waals surface area contributed by atoms with E-state index in [2.05, 4.69) is 15.8 Å². The first-order valence-electron chi connectivity index (χ1n) is 7.25. The van der Waals surface area contributed by atoms with Crippen LogP contribution in [-0.4, -0.2) is 43.4 Å². The molecule has 2 aromatic rings. The molecule has 3 rings (SSSR count). The second kappa shape index (κ2) is 6.29. The topological polar surface area (TPSA) is 76.4 Å². The minimum Gasteiger partial charge on any atom is -0.378 e. The second-order valence-electron chi connectivity index (χ2n) is 5.45. The number of amides is 1. The molecule has 0 saturated carbocycles. The molecule has 0 radical (unpaired) electrons. The molecule has 2 atom stereocenters. The Hall–Kier alpha value is -2.18. The Labute approximate surface area is 128 Å². The summed E-state index contributed by atoms with van der Waals surface area (Å²) in [5.41, 5.74) is 2.74. The van der Waals surface area contributed by atoms with Crippen molar-refractivity contribution in [2.75, 3.05) is 20.2 Å². The first kappa shape index (κ1) is 14.7. The highest BCUT2D eigenvalue weighted by molar-refractivity contribution is 5.92. The van der Waals surface area contributed by atoms with Crippen LogP contribution in [0, 0.1) is 6.92 Å². The van der Waals surface area contributed by atoms with Gasteiger partial charge in [0.1, 0.15) is 5.69 Å². The Kier molecular flexibility index (Phi) is 4.22. The van der Waals surface area contributed by atoms with Crippen LogP contribution in [0.1, 0.15) is 16.1 Å². The van der Waals surface area contributed by atoms with Crippen LogP contribution in [0.2, 0.25) is 0 Å². The van der Waals surface area contributed by atoms with E-state index in [0.29, 0.717) is 12.2 Å². The average Bonchev–Trinajstić information content (AvgIpc) is 3.16. The van der Waals surface area contributed by atoms with Crippen LogP contribution in [0.15, 0.2) is 34.9 Å². The molecule has 0 aliphatic carbocycles. The van der Waals surface area contributed by atoms with Gasteiger partial charge in [-0.1, -0.05) is 35.0 Å². The molecule has 1 fully saturated rings. The van der Waals surface area contributed by atoms with E-state index in [4.69, 9.17) is 9.26 Å². The van der Waals surface area contributed by atoms with Gasteiger partial charge in [-0.15, -0.1) is 0 Å². The van der Waals surface area contributed by atoms with Crippen molar-refractivity contribution < 1.29 is 14.1 Å². The fourth-order valence-corrected chi connectivity index (χ4v) is 2.53. The molecule has 0 bridgehead atoms. The summed E-state index contributed by atoms with van der Waals surface area (Å²) in [4.78, 5) is 12.2. The highest BCUT2D eigenvalue weighted by Crippen LogP contribution is 2.19. The van der Waals surface area contributed by atoms with Crippen LogP contribution < -0.4 is 10.6 Å². The fraction of sp³-hybridized carbons (Fsp3) is 0.375. The predicted molar refractivity (Wildman–Crippen MR) is 81.6 cm³/mol. The third-order valence-electron chi connectivity index (χ3n) is 3.86. The van der Waals surface area contributed by atoms with E-state index >= 15 is 0 Å². The van der Waals surface area contributed by atoms with Gasteiger partial charge in [0.25, 0.3) is 5.91 Å². The summed E-state index contributed by atoms with van der Waals surface area (Å²) in [7, 11) is 1.64. The molecular formula is C16H19N3O3. The van der Waals surface area contributed by atoms with Gasteiger partial charge >= 0.3 is 0 Å². The van der Waals surface area contributed by atoms with Crippen molar-refractivity contribution in [2.45, 2.75) is 19.1 Å². The van der Waals surface area contributed by atoms with Gasteiger partial charge in [-0.3, -0.25) is 4.79 Å². The van der Waals surface area contributed by atoms with Crippen molar-refractivity contribution in [1.29, 1.82) is 0 Å². The molecule has 1 aliphatic rings. The van der Waals surface area contributed by atoms with Gasteiger partial charge in [0.15, 0.2) is 0 Å². The molecule has 22 heavy (non-hydrogen) atoms. The van der Waals surface area contributed by atoms with Crippen molar-refractivity contribution in [2.24, 2.45) is 0 Å². The summed E-state index contributed by atoms with van der Waals surface area (Å²) in [6, 6.07) is 9.50. The maximum absolute atomic E-state index is 12.2. The number of aryl methyl sites for hydroxylation is 1. The molecule has 1 amide bonds. The van der Waals surface area contributed by atoms with Crippen molar-refractivity contribution in [3.05, 3.63) is 41.7 Å². The zero-order chi connectivity index (χ0) is 15.5. The van der Waals surface area contributed by atoms with Crippen molar-refractivity contribution in [1.82, 2.24) is 15.8 Å². The highest BCUT2D eigenvalue weighted by atomic mass is 16.5. The van der Waals surface area contributed by atoms with E-state index in [1.807, 2.05) is 31.2 Å². The number of benzene rings is 1. The zero-order valence-corrected chi connectivity index (χ0v) is 12.6.